The van der Waals surface area contributed by atoms with E-state index in [4.69, 9.17) is 4.74 Å². The number of aromatic amines is 1. The van der Waals surface area contributed by atoms with E-state index in [-0.39, 0.29) is 0 Å². The first-order valence-electron chi connectivity index (χ1n) is 5.39. The molecule has 0 aliphatic heterocycles. The molecule has 16 heavy (non-hydrogen) atoms. The second-order valence-corrected chi connectivity index (χ2v) is 4.13. The first-order valence-corrected chi connectivity index (χ1v) is 5.39. The highest BCUT2D eigenvalue weighted by atomic mass is 16.5. The highest BCUT2D eigenvalue weighted by Gasteiger charge is 2.05. The van der Waals surface area contributed by atoms with Crippen LogP contribution in [-0.2, 0) is 0 Å². The zero-order valence-electron chi connectivity index (χ0n) is 9.95. The van der Waals surface area contributed by atoms with Crippen molar-refractivity contribution in [2.45, 2.75) is 6.92 Å². The highest BCUT2D eigenvalue weighted by Crippen LogP contribution is 2.23. The number of nitrogens with one attached hydrogen (secondary N) is 1. The Labute approximate surface area is 95.2 Å². The van der Waals surface area contributed by atoms with Gasteiger partial charge in [0.05, 0.1) is 5.52 Å². The van der Waals surface area contributed by atoms with Crippen molar-refractivity contribution in [3.8, 4) is 5.75 Å². The van der Waals surface area contributed by atoms with Gasteiger partial charge in [-0.15, -0.1) is 0 Å². The van der Waals surface area contributed by atoms with Crippen LogP contribution >= 0.6 is 0 Å². The van der Waals surface area contributed by atoms with Gasteiger partial charge < -0.3 is 14.6 Å². The van der Waals surface area contributed by atoms with Crippen molar-refractivity contribution < 1.29 is 4.74 Å². The molecule has 1 aromatic carbocycles. The molecule has 1 heterocycles. The zero-order valence-corrected chi connectivity index (χ0v) is 9.95. The van der Waals surface area contributed by atoms with Gasteiger partial charge >= 0.3 is 0 Å². The summed E-state index contributed by atoms with van der Waals surface area (Å²) in [5.74, 6) is 1.77. The Morgan fingerprint density at radius 3 is 2.94 bits per heavy atom. The molecule has 2 aromatic rings. The van der Waals surface area contributed by atoms with Crippen LogP contribution in [0.15, 0.2) is 18.2 Å². The van der Waals surface area contributed by atoms with E-state index in [0.717, 1.165) is 29.2 Å². The maximum absolute atomic E-state index is 5.72. The Morgan fingerprint density at radius 2 is 2.19 bits per heavy atom. The van der Waals surface area contributed by atoms with Crippen molar-refractivity contribution in [1.29, 1.82) is 0 Å². The SMILES string of the molecule is Cc1nc2c(OCCN(C)C)cccc2[nH]1. The summed E-state index contributed by atoms with van der Waals surface area (Å²) in [6.07, 6.45) is 0. The van der Waals surface area contributed by atoms with Crippen LogP contribution in [0.5, 0.6) is 5.75 Å². The lowest BCUT2D eigenvalue weighted by molar-refractivity contribution is 0.263. The fourth-order valence-corrected chi connectivity index (χ4v) is 1.58. The summed E-state index contributed by atoms with van der Waals surface area (Å²) in [5.41, 5.74) is 1.94. The Hall–Kier alpha value is -1.55. The van der Waals surface area contributed by atoms with Crippen LogP contribution in [0.25, 0.3) is 11.0 Å². The number of imidazole rings is 1. The molecule has 1 N–H and O–H groups in total. The molecule has 0 spiro atoms. The van der Waals surface area contributed by atoms with Gasteiger partial charge in [-0.2, -0.15) is 0 Å². The zero-order chi connectivity index (χ0) is 11.5. The number of rotatable bonds is 4. The van der Waals surface area contributed by atoms with Gasteiger partial charge in [0.15, 0.2) is 0 Å². The first kappa shape index (κ1) is 11.0. The molecule has 1 aromatic heterocycles. The van der Waals surface area contributed by atoms with E-state index in [1.54, 1.807) is 0 Å². The van der Waals surface area contributed by atoms with Crippen molar-refractivity contribution in [2.24, 2.45) is 0 Å². The fraction of sp³-hybridized carbons (Fsp3) is 0.417. The van der Waals surface area contributed by atoms with Crippen molar-refractivity contribution in [3.63, 3.8) is 0 Å². The number of likely N-dealkylation sites (N-methyl/N-ethyl adjacent to an activating group) is 1. The van der Waals surface area contributed by atoms with E-state index in [2.05, 4.69) is 14.9 Å². The van der Waals surface area contributed by atoms with Crippen LogP contribution in [0.1, 0.15) is 5.82 Å². The molecule has 4 heteroatoms. The summed E-state index contributed by atoms with van der Waals surface area (Å²) in [7, 11) is 4.06. The summed E-state index contributed by atoms with van der Waals surface area (Å²) >= 11 is 0. The second kappa shape index (κ2) is 4.53. The third-order valence-corrected chi connectivity index (χ3v) is 2.39. The third-order valence-electron chi connectivity index (χ3n) is 2.39. The number of aromatic nitrogens is 2. The molecule has 0 atom stereocenters. The van der Waals surface area contributed by atoms with Crippen molar-refractivity contribution in [1.82, 2.24) is 14.9 Å². The number of fused-ring (bicyclic) bond motifs is 1. The number of benzene rings is 1. The van der Waals surface area contributed by atoms with E-state index in [1.807, 2.05) is 39.2 Å². The summed E-state index contributed by atoms with van der Waals surface area (Å²) in [4.78, 5) is 9.71. The van der Waals surface area contributed by atoms with E-state index in [1.165, 1.54) is 0 Å². The number of para-hydroxylation sites is 1. The van der Waals surface area contributed by atoms with Gasteiger partial charge in [0.25, 0.3) is 0 Å². The number of ether oxygens (including phenoxy) is 1. The minimum atomic E-state index is 0.679. The molecule has 0 saturated carbocycles. The van der Waals surface area contributed by atoms with E-state index >= 15 is 0 Å². The quantitative estimate of drug-likeness (QED) is 0.852. The monoisotopic (exact) mass is 219 g/mol. The predicted molar refractivity (Wildman–Crippen MR) is 64.9 cm³/mol. The Balaban J connectivity index is 2.17. The number of H-pyrrole nitrogens is 1. The maximum Gasteiger partial charge on any atom is 0.147 e. The molecule has 0 saturated heterocycles. The van der Waals surface area contributed by atoms with Gasteiger partial charge in [-0.05, 0) is 33.2 Å². The average molecular weight is 219 g/mol. The van der Waals surface area contributed by atoms with Gasteiger partial charge in [-0.25, -0.2) is 4.98 Å². The lowest BCUT2D eigenvalue weighted by atomic mass is 10.3. The molecular weight excluding hydrogens is 202 g/mol. The topological polar surface area (TPSA) is 41.1 Å². The molecular formula is C12H17N3O. The molecule has 86 valence electrons. The minimum absolute atomic E-state index is 0.679. The van der Waals surface area contributed by atoms with Crippen molar-refractivity contribution >= 4 is 11.0 Å². The van der Waals surface area contributed by atoms with Crippen LogP contribution in [0.3, 0.4) is 0 Å². The Kier molecular flexibility index (Phi) is 3.10. The van der Waals surface area contributed by atoms with Crippen LogP contribution in [0, 0.1) is 6.92 Å². The van der Waals surface area contributed by atoms with E-state index in [0.29, 0.717) is 6.61 Å². The Bertz CT molecular complexity index is 476. The van der Waals surface area contributed by atoms with Gasteiger partial charge in [-0.1, -0.05) is 6.07 Å². The molecule has 2 rings (SSSR count). The molecule has 0 fully saturated rings. The molecule has 0 aliphatic rings. The maximum atomic E-state index is 5.72. The standard InChI is InChI=1S/C12H17N3O/c1-9-13-10-5-4-6-11(12(10)14-9)16-8-7-15(2)3/h4-6H,7-8H2,1-3H3,(H,13,14). The molecule has 0 bridgehead atoms. The predicted octanol–water partition coefficient (Wildman–Crippen LogP) is 1.81. The van der Waals surface area contributed by atoms with E-state index in [9.17, 15) is 0 Å². The first-order chi connectivity index (χ1) is 7.66. The van der Waals surface area contributed by atoms with Crippen molar-refractivity contribution in [2.75, 3.05) is 27.2 Å². The normalized spacial score (nSPS) is 11.2. The average Bonchev–Trinajstić information content (AvgIpc) is 2.58. The number of hydrogen-bond acceptors (Lipinski definition) is 3. The van der Waals surface area contributed by atoms with E-state index < -0.39 is 0 Å². The molecule has 0 aliphatic carbocycles. The smallest absolute Gasteiger partial charge is 0.147 e. The van der Waals surface area contributed by atoms with Crippen LogP contribution in [0.4, 0.5) is 0 Å². The van der Waals surface area contributed by atoms with Gasteiger partial charge in [0.1, 0.15) is 23.7 Å². The fourth-order valence-electron chi connectivity index (χ4n) is 1.58. The molecule has 0 unspecified atom stereocenters. The van der Waals surface area contributed by atoms with Gasteiger partial charge in [0, 0.05) is 6.54 Å². The molecule has 4 nitrogen and oxygen atoms in total. The van der Waals surface area contributed by atoms with Gasteiger partial charge in [-0.3, -0.25) is 0 Å². The largest absolute Gasteiger partial charge is 0.490 e. The number of aryl methyl sites for hydroxylation is 1. The summed E-state index contributed by atoms with van der Waals surface area (Å²) < 4.78 is 5.72. The summed E-state index contributed by atoms with van der Waals surface area (Å²) in [5, 5.41) is 0. The van der Waals surface area contributed by atoms with Crippen LogP contribution < -0.4 is 4.74 Å². The van der Waals surface area contributed by atoms with Crippen LogP contribution in [-0.4, -0.2) is 42.1 Å². The number of nitrogens with zero attached hydrogens (tertiary/aromatic N) is 2. The lowest BCUT2D eigenvalue weighted by Crippen LogP contribution is -2.19. The second-order valence-electron chi connectivity index (χ2n) is 4.13. The number of hydrogen-bond donors (Lipinski definition) is 1. The highest BCUT2D eigenvalue weighted by molar-refractivity contribution is 5.81. The minimum Gasteiger partial charge on any atom is -0.490 e. The van der Waals surface area contributed by atoms with Crippen molar-refractivity contribution in [3.05, 3.63) is 24.0 Å². The third kappa shape index (κ3) is 2.33. The summed E-state index contributed by atoms with van der Waals surface area (Å²) in [6, 6.07) is 5.94. The Morgan fingerprint density at radius 1 is 1.38 bits per heavy atom. The molecule has 0 amide bonds. The lowest BCUT2D eigenvalue weighted by Gasteiger charge is -2.10. The summed E-state index contributed by atoms with van der Waals surface area (Å²) in [6.45, 7) is 3.53. The van der Waals surface area contributed by atoms with Gasteiger partial charge in [0.2, 0.25) is 0 Å². The molecule has 0 radical (unpaired) electrons. The van der Waals surface area contributed by atoms with Crippen LogP contribution in [0.2, 0.25) is 0 Å².